The van der Waals surface area contributed by atoms with Crippen molar-refractivity contribution in [3.63, 3.8) is 0 Å². The lowest BCUT2D eigenvalue weighted by atomic mass is 9.96. The molecule has 0 spiro atoms. The quantitative estimate of drug-likeness (QED) is 0.713. The molecule has 0 unspecified atom stereocenters. The first-order chi connectivity index (χ1) is 13.2. The Morgan fingerprint density at radius 1 is 1.30 bits per heavy atom. The molecule has 8 nitrogen and oxygen atoms in total. The van der Waals surface area contributed by atoms with Crippen LogP contribution in [0.1, 0.15) is 24.2 Å². The number of carbonyl (C=O) groups excluding carboxylic acids is 1. The summed E-state index contributed by atoms with van der Waals surface area (Å²) >= 11 is 0. The molecule has 142 valence electrons. The lowest BCUT2D eigenvalue weighted by Crippen LogP contribution is -2.39. The number of nitrogens with zero attached hydrogens (tertiary/aromatic N) is 5. The highest BCUT2D eigenvalue weighted by Crippen LogP contribution is 2.21. The summed E-state index contributed by atoms with van der Waals surface area (Å²) < 4.78 is 6.70. The third-order valence-corrected chi connectivity index (χ3v) is 5.30. The molecule has 8 heteroatoms. The van der Waals surface area contributed by atoms with Gasteiger partial charge in [-0.15, -0.1) is 0 Å². The molecular formula is C19H24N6O2. The normalized spacial score (nSPS) is 16.0. The van der Waals surface area contributed by atoms with Gasteiger partial charge in [-0.1, -0.05) is 12.1 Å². The maximum absolute atomic E-state index is 12.1. The number of benzene rings is 1. The van der Waals surface area contributed by atoms with Crippen molar-refractivity contribution in [2.75, 3.05) is 19.6 Å². The second-order valence-corrected chi connectivity index (χ2v) is 7.18. The van der Waals surface area contributed by atoms with Crippen LogP contribution in [0.2, 0.25) is 0 Å². The molecule has 4 rings (SSSR count). The average molecular weight is 368 g/mol. The van der Waals surface area contributed by atoms with Gasteiger partial charge in [-0.3, -0.25) is 9.69 Å². The van der Waals surface area contributed by atoms with Crippen LogP contribution in [0.5, 0.6) is 0 Å². The van der Waals surface area contributed by atoms with Gasteiger partial charge < -0.3 is 9.88 Å². The topological polar surface area (TPSA) is 89.1 Å². The van der Waals surface area contributed by atoms with E-state index in [0.717, 1.165) is 61.4 Å². The van der Waals surface area contributed by atoms with Crippen LogP contribution >= 0.6 is 0 Å². The second kappa shape index (κ2) is 7.87. The smallest absolute Gasteiger partial charge is 0.239 e. The minimum absolute atomic E-state index is 0.0451. The maximum Gasteiger partial charge on any atom is 0.239 e. The Bertz CT molecular complexity index is 910. The molecule has 1 aliphatic heterocycles. The van der Waals surface area contributed by atoms with Crippen LogP contribution < -0.4 is 5.32 Å². The van der Waals surface area contributed by atoms with E-state index in [4.69, 9.17) is 4.63 Å². The molecule has 0 saturated carbocycles. The fourth-order valence-corrected chi connectivity index (χ4v) is 3.62. The van der Waals surface area contributed by atoms with Crippen molar-refractivity contribution in [2.45, 2.75) is 32.9 Å². The highest BCUT2D eigenvalue weighted by molar-refractivity contribution is 5.76. The molecule has 3 aromatic rings. The minimum atomic E-state index is 0.0451. The van der Waals surface area contributed by atoms with E-state index in [2.05, 4.69) is 31.6 Å². The number of piperidine rings is 1. The van der Waals surface area contributed by atoms with Crippen molar-refractivity contribution in [3.05, 3.63) is 42.0 Å². The number of aromatic nitrogens is 4. The fourth-order valence-electron chi connectivity index (χ4n) is 3.62. The van der Waals surface area contributed by atoms with E-state index in [-0.39, 0.29) is 5.91 Å². The molecule has 27 heavy (non-hydrogen) atoms. The van der Waals surface area contributed by atoms with Gasteiger partial charge >= 0.3 is 0 Å². The van der Waals surface area contributed by atoms with Crippen LogP contribution in [0.15, 0.2) is 35.2 Å². The van der Waals surface area contributed by atoms with Gasteiger partial charge in [0.2, 0.25) is 5.91 Å². The molecule has 0 bridgehead atoms. The number of carbonyl (C=O) groups is 1. The van der Waals surface area contributed by atoms with Gasteiger partial charge in [-0.05, 0) is 60.7 Å². The SMILES string of the molecule is Cc1nccn1CC(=O)NCC1CCN(Cc2cccc3nonc23)CC1. The van der Waals surface area contributed by atoms with Crippen molar-refractivity contribution < 1.29 is 9.42 Å². The predicted octanol–water partition coefficient (Wildman–Crippen LogP) is 1.76. The number of fused-ring (bicyclic) bond motifs is 1. The van der Waals surface area contributed by atoms with E-state index in [9.17, 15) is 4.79 Å². The minimum Gasteiger partial charge on any atom is -0.354 e. The Hall–Kier alpha value is -2.74. The number of amides is 1. The highest BCUT2D eigenvalue weighted by Gasteiger charge is 2.21. The van der Waals surface area contributed by atoms with Crippen LogP contribution in [0.25, 0.3) is 11.0 Å². The van der Waals surface area contributed by atoms with E-state index in [0.29, 0.717) is 12.5 Å². The summed E-state index contributed by atoms with van der Waals surface area (Å²) in [7, 11) is 0. The van der Waals surface area contributed by atoms with Crippen molar-refractivity contribution in [1.29, 1.82) is 0 Å². The lowest BCUT2D eigenvalue weighted by Gasteiger charge is -2.32. The first-order valence-electron chi connectivity index (χ1n) is 9.36. The number of rotatable bonds is 6. The van der Waals surface area contributed by atoms with Crippen molar-refractivity contribution in [2.24, 2.45) is 5.92 Å². The number of imidazole rings is 1. The Morgan fingerprint density at radius 2 is 2.15 bits per heavy atom. The van der Waals surface area contributed by atoms with Crippen LogP contribution in [-0.4, -0.2) is 50.3 Å². The van der Waals surface area contributed by atoms with Crippen molar-refractivity contribution >= 4 is 16.9 Å². The van der Waals surface area contributed by atoms with Crippen molar-refractivity contribution in [1.82, 2.24) is 30.1 Å². The summed E-state index contributed by atoms with van der Waals surface area (Å²) in [5.41, 5.74) is 2.80. The third kappa shape index (κ3) is 4.16. The summed E-state index contributed by atoms with van der Waals surface area (Å²) in [6, 6.07) is 5.98. The van der Waals surface area contributed by atoms with E-state index >= 15 is 0 Å². The molecule has 1 saturated heterocycles. The van der Waals surface area contributed by atoms with Gasteiger partial charge in [0.1, 0.15) is 23.4 Å². The van der Waals surface area contributed by atoms with Gasteiger partial charge in [0, 0.05) is 25.5 Å². The first-order valence-corrected chi connectivity index (χ1v) is 9.36. The summed E-state index contributed by atoms with van der Waals surface area (Å²) in [5, 5.41) is 11.0. The average Bonchev–Trinajstić information content (AvgIpc) is 3.31. The molecule has 0 radical (unpaired) electrons. The predicted molar refractivity (Wildman–Crippen MR) is 99.8 cm³/mol. The highest BCUT2D eigenvalue weighted by atomic mass is 16.6. The Kier molecular flexibility index (Phi) is 5.15. The summed E-state index contributed by atoms with van der Waals surface area (Å²) in [6.45, 7) is 5.86. The van der Waals surface area contributed by atoms with E-state index in [1.807, 2.05) is 29.8 Å². The monoisotopic (exact) mass is 368 g/mol. The number of nitrogens with one attached hydrogen (secondary N) is 1. The third-order valence-electron chi connectivity index (χ3n) is 5.30. The van der Waals surface area contributed by atoms with Gasteiger partial charge in [-0.25, -0.2) is 9.61 Å². The maximum atomic E-state index is 12.1. The number of hydrogen-bond donors (Lipinski definition) is 1. The van der Waals surface area contributed by atoms with Gasteiger partial charge in [-0.2, -0.15) is 0 Å². The van der Waals surface area contributed by atoms with E-state index in [1.54, 1.807) is 6.20 Å². The fraction of sp³-hybridized carbons (Fsp3) is 0.474. The largest absolute Gasteiger partial charge is 0.354 e. The molecule has 1 aliphatic rings. The van der Waals surface area contributed by atoms with Crippen molar-refractivity contribution in [3.8, 4) is 0 Å². The molecule has 1 fully saturated rings. The van der Waals surface area contributed by atoms with Crippen LogP contribution in [0.4, 0.5) is 0 Å². The number of hydrogen-bond acceptors (Lipinski definition) is 6. The molecule has 0 atom stereocenters. The zero-order chi connectivity index (χ0) is 18.6. The molecule has 0 aliphatic carbocycles. The molecule has 1 N–H and O–H groups in total. The van der Waals surface area contributed by atoms with Crippen LogP contribution in [-0.2, 0) is 17.9 Å². The second-order valence-electron chi connectivity index (χ2n) is 7.18. The summed E-state index contributed by atoms with van der Waals surface area (Å²) in [4.78, 5) is 18.7. The van der Waals surface area contributed by atoms with Crippen LogP contribution in [0.3, 0.4) is 0 Å². The number of likely N-dealkylation sites (tertiary alicyclic amines) is 1. The molecule has 1 amide bonds. The zero-order valence-corrected chi connectivity index (χ0v) is 15.5. The molecule has 3 heterocycles. The van der Waals surface area contributed by atoms with Gasteiger partial charge in [0.25, 0.3) is 0 Å². The van der Waals surface area contributed by atoms with Crippen LogP contribution in [0, 0.1) is 12.8 Å². The molecular weight excluding hydrogens is 344 g/mol. The van der Waals surface area contributed by atoms with Gasteiger partial charge in [0.15, 0.2) is 0 Å². The summed E-state index contributed by atoms with van der Waals surface area (Å²) in [5.74, 6) is 1.43. The van der Waals surface area contributed by atoms with E-state index < -0.39 is 0 Å². The Labute approximate surface area is 157 Å². The van der Waals surface area contributed by atoms with Gasteiger partial charge in [0.05, 0.1) is 0 Å². The molecule has 2 aromatic heterocycles. The zero-order valence-electron chi connectivity index (χ0n) is 15.5. The Balaban J connectivity index is 1.23. The Morgan fingerprint density at radius 3 is 2.93 bits per heavy atom. The molecule has 1 aromatic carbocycles. The standard InChI is InChI=1S/C19H24N6O2/c1-14-20-7-10-25(14)13-18(26)21-11-15-5-8-24(9-6-15)12-16-3-2-4-17-19(16)23-27-22-17/h2-4,7,10,15H,5-6,8-9,11-13H2,1H3,(H,21,26). The first kappa shape index (κ1) is 17.7. The lowest BCUT2D eigenvalue weighted by molar-refractivity contribution is -0.121. The summed E-state index contributed by atoms with van der Waals surface area (Å²) in [6.07, 6.45) is 5.71. The number of aryl methyl sites for hydroxylation is 1. The van der Waals surface area contributed by atoms with E-state index in [1.165, 1.54) is 0 Å².